The van der Waals surface area contributed by atoms with Crippen LogP contribution >= 0.6 is 0 Å². The number of aromatic amines is 1. The van der Waals surface area contributed by atoms with Crippen LogP contribution in [0.25, 0.3) is 11.3 Å². The first kappa shape index (κ1) is 7.98. The highest BCUT2D eigenvalue weighted by Gasteiger charge is 2.06. The summed E-state index contributed by atoms with van der Waals surface area (Å²) in [4.78, 5) is 3.97. The first-order chi connectivity index (χ1) is 6.29. The molecule has 2 heterocycles. The molecule has 0 saturated heterocycles. The van der Waals surface area contributed by atoms with E-state index in [1.165, 1.54) is 5.56 Å². The Morgan fingerprint density at radius 2 is 1.85 bits per heavy atom. The molecule has 0 amide bonds. The Morgan fingerprint density at radius 3 is 2.38 bits per heavy atom. The Bertz CT molecular complexity index is 403. The number of nitrogens with one attached hydrogen (secondary N) is 1. The van der Waals surface area contributed by atoms with Gasteiger partial charge < -0.3 is 0 Å². The molecule has 3 nitrogen and oxygen atoms in total. The molecule has 0 atom stereocenters. The fourth-order valence-electron chi connectivity index (χ4n) is 1.28. The van der Waals surface area contributed by atoms with Crippen molar-refractivity contribution in [2.75, 3.05) is 0 Å². The van der Waals surface area contributed by atoms with Gasteiger partial charge in [0.25, 0.3) is 0 Å². The minimum Gasteiger partial charge on any atom is -0.282 e. The molecule has 0 fully saturated rings. The zero-order valence-electron chi connectivity index (χ0n) is 7.70. The van der Waals surface area contributed by atoms with Crippen LogP contribution in [-0.4, -0.2) is 15.2 Å². The summed E-state index contributed by atoms with van der Waals surface area (Å²) >= 11 is 0. The second kappa shape index (κ2) is 3.01. The van der Waals surface area contributed by atoms with Gasteiger partial charge in [-0.2, -0.15) is 5.10 Å². The van der Waals surface area contributed by atoms with E-state index in [4.69, 9.17) is 0 Å². The van der Waals surface area contributed by atoms with Crippen molar-refractivity contribution in [1.29, 1.82) is 0 Å². The van der Waals surface area contributed by atoms with Gasteiger partial charge in [-0.05, 0) is 31.5 Å². The maximum absolute atomic E-state index is 4.23. The molecule has 2 rings (SSSR count). The number of hydrogen-bond donors (Lipinski definition) is 1. The number of pyridine rings is 1. The summed E-state index contributed by atoms with van der Waals surface area (Å²) < 4.78 is 0. The van der Waals surface area contributed by atoms with E-state index in [-0.39, 0.29) is 0 Å². The Kier molecular flexibility index (Phi) is 1.85. The molecule has 0 saturated carbocycles. The molecule has 0 aliphatic carbocycles. The molecule has 0 radical (unpaired) electrons. The summed E-state index contributed by atoms with van der Waals surface area (Å²) in [7, 11) is 0. The van der Waals surface area contributed by atoms with Crippen LogP contribution in [0.5, 0.6) is 0 Å². The van der Waals surface area contributed by atoms with Gasteiger partial charge in [0, 0.05) is 23.7 Å². The fourth-order valence-corrected chi connectivity index (χ4v) is 1.28. The lowest BCUT2D eigenvalue weighted by Gasteiger charge is -1.96. The first-order valence-corrected chi connectivity index (χ1v) is 4.21. The van der Waals surface area contributed by atoms with E-state index >= 15 is 0 Å². The number of H-pyrrole nitrogens is 1. The lowest BCUT2D eigenvalue weighted by Crippen LogP contribution is -1.81. The van der Waals surface area contributed by atoms with Gasteiger partial charge >= 0.3 is 0 Å². The van der Waals surface area contributed by atoms with Crippen LogP contribution in [0.2, 0.25) is 0 Å². The van der Waals surface area contributed by atoms with Crippen molar-refractivity contribution in [2.45, 2.75) is 13.8 Å². The number of aromatic nitrogens is 3. The lowest BCUT2D eigenvalue weighted by atomic mass is 10.1. The maximum atomic E-state index is 4.23. The van der Waals surface area contributed by atoms with Crippen LogP contribution in [0.3, 0.4) is 0 Å². The van der Waals surface area contributed by atoms with E-state index in [1.807, 2.05) is 19.1 Å². The van der Waals surface area contributed by atoms with E-state index in [2.05, 4.69) is 22.1 Å². The zero-order valence-corrected chi connectivity index (χ0v) is 7.70. The topological polar surface area (TPSA) is 41.6 Å². The summed E-state index contributed by atoms with van der Waals surface area (Å²) in [6.45, 7) is 4.08. The Labute approximate surface area is 76.8 Å². The third-order valence-electron chi connectivity index (χ3n) is 2.21. The molecule has 66 valence electrons. The van der Waals surface area contributed by atoms with E-state index < -0.39 is 0 Å². The average molecular weight is 173 g/mol. The first-order valence-electron chi connectivity index (χ1n) is 4.21. The number of hydrogen-bond acceptors (Lipinski definition) is 2. The van der Waals surface area contributed by atoms with Gasteiger partial charge in [0.1, 0.15) is 0 Å². The molecule has 0 bridgehead atoms. The van der Waals surface area contributed by atoms with Crippen molar-refractivity contribution >= 4 is 0 Å². The molecule has 0 aliphatic heterocycles. The van der Waals surface area contributed by atoms with Gasteiger partial charge in [-0.1, -0.05) is 0 Å². The Balaban J connectivity index is 2.53. The number of nitrogens with zero attached hydrogens (tertiary/aromatic N) is 2. The minimum absolute atomic E-state index is 1.01. The minimum atomic E-state index is 1.01. The second-order valence-corrected chi connectivity index (χ2v) is 3.06. The van der Waals surface area contributed by atoms with Crippen LogP contribution in [0, 0.1) is 13.8 Å². The van der Waals surface area contributed by atoms with Crippen molar-refractivity contribution in [3.05, 3.63) is 35.8 Å². The summed E-state index contributed by atoms with van der Waals surface area (Å²) in [6, 6.07) is 3.92. The van der Waals surface area contributed by atoms with Crippen LogP contribution in [0.1, 0.15) is 11.3 Å². The summed E-state index contributed by atoms with van der Waals surface area (Å²) in [5.74, 6) is 0. The van der Waals surface area contributed by atoms with Crippen molar-refractivity contribution in [1.82, 2.24) is 15.2 Å². The van der Waals surface area contributed by atoms with Crippen molar-refractivity contribution in [3.8, 4) is 11.3 Å². The molecule has 0 aromatic carbocycles. The molecule has 1 N–H and O–H groups in total. The van der Waals surface area contributed by atoms with Gasteiger partial charge in [-0.15, -0.1) is 0 Å². The normalized spacial score (nSPS) is 10.3. The van der Waals surface area contributed by atoms with Crippen LogP contribution < -0.4 is 0 Å². The molecule has 2 aromatic heterocycles. The van der Waals surface area contributed by atoms with Gasteiger partial charge in [-0.3, -0.25) is 10.1 Å². The fraction of sp³-hybridized carbons (Fsp3) is 0.200. The summed E-state index contributed by atoms with van der Waals surface area (Å²) in [5, 5.41) is 7.20. The van der Waals surface area contributed by atoms with Crippen LogP contribution in [-0.2, 0) is 0 Å². The molecule has 2 aromatic rings. The maximum Gasteiger partial charge on any atom is 0.0953 e. The summed E-state index contributed by atoms with van der Waals surface area (Å²) in [5.41, 5.74) is 4.44. The quantitative estimate of drug-likeness (QED) is 0.717. The van der Waals surface area contributed by atoms with Crippen molar-refractivity contribution in [3.63, 3.8) is 0 Å². The molecular formula is C10H11N3. The van der Waals surface area contributed by atoms with Gasteiger partial charge in [-0.25, -0.2) is 0 Å². The molecular weight excluding hydrogens is 162 g/mol. The van der Waals surface area contributed by atoms with E-state index in [1.54, 1.807) is 12.4 Å². The van der Waals surface area contributed by atoms with Crippen molar-refractivity contribution in [2.24, 2.45) is 0 Å². The van der Waals surface area contributed by atoms with E-state index in [9.17, 15) is 0 Å². The third-order valence-corrected chi connectivity index (χ3v) is 2.21. The smallest absolute Gasteiger partial charge is 0.0953 e. The highest BCUT2D eigenvalue weighted by atomic mass is 15.1. The predicted molar refractivity (Wildman–Crippen MR) is 51.3 cm³/mol. The molecule has 13 heavy (non-hydrogen) atoms. The Hall–Kier alpha value is -1.64. The SMILES string of the molecule is Cc1[nH]nc(-c2ccncc2)c1C. The molecule has 0 spiro atoms. The monoisotopic (exact) mass is 173 g/mol. The largest absolute Gasteiger partial charge is 0.282 e. The van der Waals surface area contributed by atoms with Crippen LogP contribution in [0.4, 0.5) is 0 Å². The number of rotatable bonds is 1. The lowest BCUT2D eigenvalue weighted by molar-refractivity contribution is 1.05. The highest BCUT2D eigenvalue weighted by molar-refractivity contribution is 5.62. The summed E-state index contributed by atoms with van der Waals surface area (Å²) in [6.07, 6.45) is 3.55. The van der Waals surface area contributed by atoms with Gasteiger partial charge in [0.15, 0.2) is 0 Å². The van der Waals surface area contributed by atoms with Gasteiger partial charge in [0.2, 0.25) is 0 Å². The second-order valence-electron chi connectivity index (χ2n) is 3.06. The molecule has 0 unspecified atom stereocenters. The van der Waals surface area contributed by atoms with Crippen molar-refractivity contribution < 1.29 is 0 Å². The van der Waals surface area contributed by atoms with Gasteiger partial charge in [0.05, 0.1) is 5.69 Å². The highest BCUT2D eigenvalue weighted by Crippen LogP contribution is 2.21. The average Bonchev–Trinajstić information content (AvgIpc) is 2.49. The zero-order chi connectivity index (χ0) is 9.26. The predicted octanol–water partition coefficient (Wildman–Crippen LogP) is 2.09. The van der Waals surface area contributed by atoms with E-state index in [0.29, 0.717) is 0 Å². The molecule has 3 heteroatoms. The standard InChI is InChI=1S/C10H11N3/c1-7-8(2)12-13-10(7)9-3-5-11-6-4-9/h3-6H,1-2H3,(H,12,13). The van der Waals surface area contributed by atoms with Crippen LogP contribution in [0.15, 0.2) is 24.5 Å². The number of aryl methyl sites for hydroxylation is 1. The third kappa shape index (κ3) is 1.33. The van der Waals surface area contributed by atoms with E-state index in [0.717, 1.165) is 17.0 Å². The Morgan fingerprint density at radius 1 is 1.15 bits per heavy atom. The molecule has 0 aliphatic rings.